The lowest BCUT2D eigenvalue weighted by atomic mass is 9.80. The topological polar surface area (TPSA) is 163 Å². The predicted octanol–water partition coefficient (Wildman–Crippen LogP) is 5.73. The molecule has 2 aromatic heterocycles. The molecule has 14 nitrogen and oxygen atoms in total. The maximum atomic E-state index is 12.9. The number of rotatable bonds is 16. The number of benzene rings is 4. The fourth-order valence-corrected chi connectivity index (χ4v) is 7.64. The molecule has 3 heterocycles. The second kappa shape index (κ2) is 20.4. The number of imidazole rings is 1. The van der Waals surface area contributed by atoms with Crippen LogP contribution < -0.4 is 24.6 Å². The van der Waals surface area contributed by atoms with Crippen LogP contribution in [0.3, 0.4) is 0 Å². The highest BCUT2D eigenvalue weighted by Gasteiger charge is 2.45. The lowest BCUT2D eigenvalue weighted by Crippen LogP contribution is -3.11. The molecule has 1 amide bonds. The normalized spacial score (nSPS) is 16.7. The van der Waals surface area contributed by atoms with Gasteiger partial charge < -0.3 is 34.1 Å². The zero-order chi connectivity index (χ0) is 41.8. The number of carbonyl (C=O) groups is 1. The van der Waals surface area contributed by atoms with E-state index in [0.717, 1.165) is 16.7 Å². The smallest absolute Gasteiger partial charge is 0.488 e. The Balaban J connectivity index is 0.000000768. The number of aromatic nitrogens is 4. The number of amides is 1. The number of quaternary nitrogens is 1. The summed E-state index contributed by atoms with van der Waals surface area (Å²) in [6.07, 6.45) is 0.498. The van der Waals surface area contributed by atoms with Gasteiger partial charge in [0.2, 0.25) is 0 Å². The summed E-state index contributed by atoms with van der Waals surface area (Å²) in [5.41, 5.74) is 2.43. The highest BCUT2D eigenvalue weighted by molar-refractivity contribution is 7.30. The Labute approximate surface area is 345 Å². The third kappa shape index (κ3) is 9.99. The van der Waals surface area contributed by atoms with E-state index in [1.54, 1.807) is 48.0 Å². The molecule has 59 heavy (non-hydrogen) atoms. The highest BCUT2D eigenvalue weighted by atomic mass is 31.1. The molecule has 1 fully saturated rings. The van der Waals surface area contributed by atoms with Crippen LogP contribution in [0.1, 0.15) is 60.5 Å². The van der Waals surface area contributed by atoms with Gasteiger partial charge >= 0.3 is 8.25 Å². The molecule has 15 heteroatoms. The van der Waals surface area contributed by atoms with E-state index in [-0.39, 0.29) is 24.8 Å². The molecule has 1 unspecified atom stereocenters. The minimum Gasteiger partial charge on any atom is -0.566 e. The van der Waals surface area contributed by atoms with Crippen LogP contribution in [0.25, 0.3) is 11.2 Å². The minimum absolute atomic E-state index is 0.0721. The van der Waals surface area contributed by atoms with Crippen molar-refractivity contribution in [3.8, 4) is 11.5 Å². The molecule has 1 aliphatic rings. The largest absolute Gasteiger partial charge is 0.566 e. The van der Waals surface area contributed by atoms with Crippen molar-refractivity contribution in [3.63, 3.8) is 0 Å². The number of hydrogen-bond donors (Lipinski definition) is 2. The van der Waals surface area contributed by atoms with Gasteiger partial charge in [0.25, 0.3) is 5.91 Å². The van der Waals surface area contributed by atoms with Crippen LogP contribution in [0, 0.1) is 0 Å². The van der Waals surface area contributed by atoms with Crippen molar-refractivity contribution in [2.24, 2.45) is 0 Å². The molecule has 0 saturated carbocycles. The van der Waals surface area contributed by atoms with Gasteiger partial charge in [-0.2, -0.15) is 0 Å². The zero-order valence-corrected chi connectivity index (χ0v) is 34.7. The SMILES string of the molecule is CC[NH+](CC)CC.COc1ccc(C(OC[C@H]2O[C@@H](n3cnc4c(NC(=O)c5ccccc5)ncnc43)C[C@@H]2O[P+](=O)[O-])(c2ccccc2)c2ccc(OC)cc2)cc1. The monoisotopic (exact) mass is 821 g/mol. The summed E-state index contributed by atoms with van der Waals surface area (Å²) in [5, 5.41) is 2.80. The number of ether oxygens (including phenoxy) is 4. The van der Waals surface area contributed by atoms with Crippen LogP contribution in [-0.2, 0) is 24.2 Å². The summed E-state index contributed by atoms with van der Waals surface area (Å²) in [4.78, 5) is 39.7. The van der Waals surface area contributed by atoms with Gasteiger partial charge in [0.1, 0.15) is 41.9 Å². The first-order chi connectivity index (χ1) is 28.7. The van der Waals surface area contributed by atoms with Crippen LogP contribution >= 0.6 is 8.25 Å². The molecule has 0 bridgehead atoms. The van der Waals surface area contributed by atoms with Gasteiger partial charge in [-0.15, -0.1) is 4.52 Å². The van der Waals surface area contributed by atoms with E-state index >= 15 is 0 Å². The molecule has 4 atom stereocenters. The van der Waals surface area contributed by atoms with E-state index in [2.05, 4.69) is 41.0 Å². The van der Waals surface area contributed by atoms with Crippen molar-refractivity contribution >= 4 is 31.1 Å². The molecule has 6 aromatic rings. The Morgan fingerprint density at radius 2 is 1.39 bits per heavy atom. The van der Waals surface area contributed by atoms with Crippen molar-refractivity contribution in [2.45, 2.75) is 51.2 Å². The van der Waals surface area contributed by atoms with Gasteiger partial charge in [-0.25, -0.2) is 15.0 Å². The Morgan fingerprint density at radius 3 is 1.92 bits per heavy atom. The maximum absolute atomic E-state index is 12.9. The first-order valence-electron chi connectivity index (χ1n) is 19.6. The molecule has 7 rings (SSSR count). The van der Waals surface area contributed by atoms with Crippen LogP contribution in [-0.4, -0.2) is 78.1 Å². The maximum Gasteiger partial charge on any atom is 0.488 e. The lowest BCUT2D eigenvalue weighted by Gasteiger charge is -2.37. The highest BCUT2D eigenvalue weighted by Crippen LogP contribution is 2.44. The first kappa shape index (κ1) is 43.0. The summed E-state index contributed by atoms with van der Waals surface area (Å²) < 4.78 is 43.5. The van der Waals surface area contributed by atoms with E-state index in [4.69, 9.17) is 23.5 Å². The van der Waals surface area contributed by atoms with Crippen molar-refractivity contribution in [1.29, 1.82) is 0 Å². The summed E-state index contributed by atoms with van der Waals surface area (Å²) in [5.74, 6) is 1.22. The molecule has 308 valence electrons. The van der Waals surface area contributed by atoms with E-state index < -0.39 is 32.3 Å². The molecular weight excluding hydrogens is 771 g/mol. The Hall–Kier alpha value is -5.60. The summed E-state index contributed by atoms with van der Waals surface area (Å²) in [7, 11) is -0.0245. The second-order valence-electron chi connectivity index (χ2n) is 13.7. The van der Waals surface area contributed by atoms with Gasteiger partial charge in [0, 0.05) is 12.0 Å². The molecule has 0 aliphatic carbocycles. The van der Waals surface area contributed by atoms with Crippen molar-refractivity contribution < 1.29 is 42.6 Å². The second-order valence-corrected chi connectivity index (χ2v) is 14.4. The molecule has 1 saturated heterocycles. The minimum atomic E-state index is -3.23. The summed E-state index contributed by atoms with van der Waals surface area (Å²) >= 11 is 0. The van der Waals surface area contributed by atoms with E-state index in [1.807, 2.05) is 84.9 Å². The average molecular weight is 822 g/mol. The fraction of sp³-hybridized carbons (Fsp3) is 0.318. The van der Waals surface area contributed by atoms with Crippen LogP contribution in [0.15, 0.2) is 122 Å². The number of hydrogen-bond acceptors (Lipinski definition) is 11. The van der Waals surface area contributed by atoms with Gasteiger partial charge in [-0.3, -0.25) is 9.36 Å². The average Bonchev–Trinajstić information content (AvgIpc) is 3.90. The van der Waals surface area contributed by atoms with E-state index in [1.165, 1.54) is 32.3 Å². The van der Waals surface area contributed by atoms with Gasteiger partial charge in [-0.05, 0) is 78.4 Å². The third-order valence-corrected chi connectivity index (χ3v) is 10.9. The molecule has 4 aromatic carbocycles. The molecular formula is C44H50N6O8P+. The third-order valence-electron chi connectivity index (χ3n) is 10.5. The van der Waals surface area contributed by atoms with Crippen LogP contribution in [0.4, 0.5) is 5.82 Å². The standard InChI is InChI=1S/C38H34N5O8P.C6H15N/c1-47-29-17-13-27(14-18-29)38(26-11-7-4-8-12-26,28-15-19-30(48-2)20-16-28)49-22-32-31(51-52(45)46)21-33(50-32)43-24-41-34-35(39-23-40-36(34)43)42-37(44)25-9-5-3-6-10-25;1-4-7(5-2)6-3/h3-20,23-24,31-33H,21-22H2,1-2H3,(H,39,40,42,44);4-6H2,1-3H3/p+1/t31-,32+,33+;/m0./s1. The van der Waals surface area contributed by atoms with E-state index in [0.29, 0.717) is 28.2 Å². The van der Waals surface area contributed by atoms with Gasteiger partial charge in [0.15, 0.2) is 17.0 Å². The number of nitrogens with one attached hydrogen (secondary N) is 2. The number of fused-ring (bicyclic) bond motifs is 1. The fourth-order valence-electron chi connectivity index (χ4n) is 7.20. The number of anilines is 1. The summed E-state index contributed by atoms with van der Waals surface area (Å²) in [6.45, 7) is 10.4. The lowest BCUT2D eigenvalue weighted by molar-refractivity contribution is -0.894. The Bertz CT molecular complexity index is 2200. The van der Waals surface area contributed by atoms with Crippen molar-refractivity contribution in [1.82, 2.24) is 19.5 Å². The molecule has 0 spiro atoms. The van der Waals surface area contributed by atoms with Gasteiger partial charge in [0.05, 0.1) is 46.8 Å². The van der Waals surface area contributed by atoms with Crippen molar-refractivity contribution in [3.05, 3.63) is 144 Å². The number of methoxy groups -OCH3 is 2. The number of nitrogens with zero attached hydrogens (tertiary/aromatic N) is 4. The molecule has 2 N–H and O–H groups in total. The van der Waals surface area contributed by atoms with Crippen LogP contribution in [0.5, 0.6) is 11.5 Å². The predicted molar refractivity (Wildman–Crippen MR) is 222 cm³/mol. The Kier molecular flexibility index (Phi) is 14.9. The first-order valence-corrected chi connectivity index (χ1v) is 20.7. The number of carbonyl (C=O) groups excluding carboxylic acids is 1. The Morgan fingerprint density at radius 1 is 0.831 bits per heavy atom. The van der Waals surface area contributed by atoms with Gasteiger partial charge in [-0.1, -0.05) is 72.8 Å². The summed E-state index contributed by atoms with van der Waals surface area (Å²) in [6, 6.07) is 33.6. The van der Waals surface area contributed by atoms with Crippen LogP contribution in [0.2, 0.25) is 0 Å². The van der Waals surface area contributed by atoms with Crippen molar-refractivity contribution in [2.75, 3.05) is 45.8 Å². The molecule has 0 radical (unpaired) electrons. The zero-order valence-electron chi connectivity index (χ0n) is 33.8. The molecule has 1 aliphatic heterocycles. The van der Waals surface area contributed by atoms with E-state index in [9.17, 15) is 14.3 Å². The quantitative estimate of drug-likeness (QED) is 0.0907.